The second-order valence-corrected chi connectivity index (χ2v) is 7.80. The molecule has 1 atom stereocenters. The van der Waals surface area contributed by atoms with Crippen LogP contribution in [0.3, 0.4) is 0 Å². The van der Waals surface area contributed by atoms with Crippen LogP contribution in [-0.4, -0.2) is 20.4 Å². The Bertz CT molecular complexity index is 843. The second-order valence-electron chi connectivity index (χ2n) is 6.12. The van der Waals surface area contributed by atoms with E-state index in [-0.39, 0.29) is 16.8 Å². The Morgan fingerprint density at radius 3 is 2.21 bits per heavy atom. The van der Waals surface area contributed by atoms with Crippen LogP contribution in [0.2, 0.25) is 0 Å². The predicted molar refractivity (Wildman–Crippen MR) is 94.6 cm³/mol. The van der Waals surface area contributed by atoms with Crippen molar-refractivity contribution in [3.05, 3.63) is 54.1 Å². The van der Waals surface area contributed by atoms with Gasteiger partial charge in [-0.2, -0.15) is 0 Å². The molecule has 1 fully saturated rings. The molecule has 1 heterocycles. The lowest BCUT2D eigenvalue weighted by molar-refractivity contribution is -0.117. The van der Waals surface area contributed by atoms with Crippen molar-refractivity contribution in [3.63, 3.8) is 0 Å². The summed E-state index contributed by atoms with van der Waals surface area (Å²) in [6.45, 7) is 3.92. The number of hydrogen-bond donors (Lipinski definition) is 1. The summed E-state index contributed by atoms with van der Waals surface area (Å²) in [5, 5.41) is 0. The molecule has 1 aliphatic heterocycles. The quantitative estimate of drug-likeness (QED) is 0.925. The summed E-state index contributed by atoms with van der Waals surface area (Å²) in [7, 11) is -3.61. The van der Waals surface area contributed by atoms with Gasteiger partial charge in [0.25, 0.3) is 10.0 Å². The largest absolute Gasteiger partial charge is 0.310 e. The van der Waals surface area contributed by atoms with Gasteiger partial charge in [-0.1, -0.05) is 17.7 Å². The molecule has 2 aromatic rings. The molecule has 1 saturated heterocycles. The Kier molecular flexibility index (Phi) is 4.32. The van der Waals surface area contributed by atoms with Crippen LogP contribution < -0.4 is 9.62 Å². The average molecular weight is 344 g/mol. The fraction of sp³-hybridized carbons (Fsp3) is 0.278. The first kappa shape index (κ1) is 16.5. The van der Waals surface area contributed by atoms with Gasteiger partial charge in [-0.15, -0.1) is 0 Å². The summed E-state index contributed by atoms with van der Waals surface area (Å²) in [4.78, 5) is 13.9. The molecule has 2 aromatic carbocycles. The highest BCUT2D eigenvalue weighted by atomic mass is 32.2. The number of sulfonamides is 1. The topological polar surface area (TPSA) is 66.5 Å². The summed E-state index contributed by atoms with van der Waals surface area (Å²) in [6, 6.07) is 13.8. The van der Waals surface area contributed by atoms with Gasteiger partial charge in [0.05, 0.1) is 4.90 Å². The van der Waals surface area contributed by atoms with E-state index in [0.717, 1.165) is 17.7 Å². The first-order chi connectivity index (χ1) is 11.4. The Morgan fingerprint density at radius 1 is 1.04 bits per heavy atom. The van der Waals surface area contributed by atoms with Crippen LogP contribution in [0.25, 0.3) is 0 Å². The van der Waals surface area contributed by atoms with Gasteiger partial charge in [0.15, 0.2) is 0 Å². The molecule has 0 aromatic heterocycles. The molecular weight excluding hydrogens is 324 g/mol. The number of nitrogens with one attached hydrogen (secondary N) is 1. The molecule has 24 heavy (non-hydrogen) atoms. The molecule has 1 N–H and O–H groups in total. The van der Waals surface area contributed by atoms with E-state index in [4.69, 9.17) is 0 Å². The van der Waals surface area contributed by atoms with Gasteiger partial charge in [-0.3, -0.25) is 9.52 Å². The molecule has 1 unspecified atom stereocenters. The zero-order valence-corrected chi connectivity index (χ0v) is 14.5. The normalized spacial score (nSPS) is 18.0. The van der Waals surface area contributed by atoms with Gasteiger partial charge in [0, 0.05) is 23.8 Å². The molecule has 5 nitrogen and oxygen atoms in total. The fourth-order valence-corrected chi connectivity index (χ4v) is 3.91. The van der Waals surface area contributed by atoms with Crippen LogP contribution in [0.4, 0.5) is 11.4 Å². The molecule has 6 heteroatoms. The molecule has 126 valence electrons. The SMILES string of the molecule is Cc1ccc(S(=O)(=O)Nc2ccc(N3C(=O)CCC3C)cc2)cc1. The lowest BCUT2D eigenvalue weighted by Crippen LogP contribution is -2.30. The van der Waals surface area contributed by atoms with Gasteiger partial charge in [-0.25, -0.2) is 8.42 Å². The third kappa shape index (κ3) is 3.28. The summed E-state index contributed by atoms with van der Waals surface area (Å²) < 4.78 is 27.3. The minimum absolute atomic E-state index is 0.107. The smallest absolute Gasteiger partial charge is 0.261 e. The van der Waals surface area contributed by atoms with Gasteiger partial charge >= 0.3 is 0 Å². The van der Waals surface area contributed by atoms with E-state index in [9.17, 15) is 13.2 Å². The van der Waals surface area contributed by atoms with E-state index >= 15 is 0 Å². The summed E-state index contributed by atoms with van der Waals surface area (Å²) in [5.41, 5.74) is 2.27. The molecule has 0 radical (unpaired) electrons. The van der Waals surface area contributed by atoms with Crippen LogP contribution in [-0.2, 0) is 14.8 Å². The molecule has 0 spiro atoms. The lowest BCUT2D eigenvalue weighted by atomic mass is 10.2. The number of carbonyl (C=O) groups excluding carboxylic acids is 1. The van der Waals surface area contributed by atoms with E-state index in [1.54, 1.807) is 53.4 Å². The standard InChI is InChI=1S/C18H20N2O3S/c1-13-3-10-17(11-4-13)24(22,23)19-15-6-8-16(9-7-15)20-14(2)5-12-18(20)21/h3-4,6-11,14,19H,5,12H2,1-2H3. The van der Waals surface area contributed by atoms with E-state index in [1.165, 1.54) is 0 Å². The molecule has 1 aliphatic rings. The first-order valence-corrected chi connectivity index (χ1v) is 9.37. The number of aryl methyl sites for hydroxylation is 1. The second kappa shape index (κ2) is 6.28. The van der Waals surface area contributed by atoms with E-state index in [2.05, 4.69) is 4.72 Å². The molecule has 0 aliphatic carbocycles. The molecular formula is C18H20N2O3S. The van der Waals surface area contributed by atoms with Gasteiger partial charge in [0.2, 0.25) is 5.91 Å². The van der Waals surface area contributed by atoms with Crippen molar-refractivity contribution in [1.29, 1.82) is 0 Å². The van der Waals surface area contributed by atoms with Crippen LogP contribution in [0.15, 0.2) is 53.4 Å². The van der Waals surface area contributed by atoms with Crippen molar-refractivity contribution in [2.75, 3.05) is 9.62 Å². The Morgan fingerprint density at radius 2 is 1.67 bits per heavy atom. The van der Waals surface area contributed by atoms with E-state index < -0.39 is 10.0 Å². The zero-order chi connectivity index (χ0) is 17.3. The number of amides is 1. The number of hydrogen-bond acceptors (Lipinski definition) is 3. The number of anilines is 2. The molecule has 0 bridgehead atoms. The highest BCUT2D eigenvalue weighted by Crippen LogP contribution is 2.28. The maximum atomic E-state index is 12.4. The predicted octanol–water partition coefficient (Wildman–Crippen LogP) is 3.31. The zero-order valence-electron chi connectivity index (χ0n) is 13.7. The van der Waals surface area contributed by atoms with Crippen LogP contribution >= 0.6 is 0 Å². The van der Waals surface area contributed by atoms with Gasteiger partial charge < -0.3 is 4.90 Å². The number of benzene rings is 2. The van der Waals surface area contributed by atoms with Crippen molar-refractivity contribution in [2.24, 2.45) is 0 Å². The third-order valence-corrected chi connectivity index (χ3v) is 5.61. The maximum absolute atomic E-state index is 12.4. The molecule has 1 amide bonds. The molecule has 0 saturated carbocycles. The Hall–Kier alpha value is -2.34. The van der Waals surface area contributed by atoms with Gasteiger partial charge in [0.1, 0.15) is 0 Å². The summed E-state index contributed by atoms with van der Waals surface area (Å²) in [6.07, 6.45) is 1.41. The minimum atomic E-state index is -3.61. The van der Waals surface area contributed by atoms with Gasteiger partial charge in [-0.05, 0) is 56.7 Å². The minimum Gasteiger partial charge on any atom is -0.310 e. The Labute approximate surface area is 142 Å². The Balaban J connectivity index is 1.79. The van der Waals surface area contributed by atoms with Crippen molar-refractivity contribution >= 4 is 27.3 Å². The van der Waals surface area contributed by atoms with E-state index in [0.29, 0.717) is 12.1 Å². The number of carbonyl (C=O) groups is 1. The molecule has 3 rings (SSSR count). The lowest BCUT2D eigenvalue weighted by Gasteiger charge is -2.22. The average Bonchev–Trinajstić information content (AvgIpc) is 2.87. The van der Waals surface area contributed by atoms with Crippen LogP contribution in [0.1, 0.15) is 25.3 Å². The van der Waals surface area contributed by atoms with Crippen molar-refractivity contribution < 1.29 is 13.2 Å². The monoisotopic (exact) mass is 344 g/mol. The van der Waals surface area contributed by atoms with Crippen LogP contribution in [0, 0.1) is 6.92 Å². The summed E-state index contributed by atoms with van der Waals surface area (Å²) in [5.74, 6) is 0.107. The van der Waals surface area contributed by atoms with Crippen molar-refractivity contribution in [3.8, 4) is 0 Å². The van der Waals surface area contributed by atoms with Crippen molar-refractivity contribution in [2.45, 2.75) is 37.6 Å². The highest BCUT2D eigenvalue weighted by Gasteiger charge is 2.28. The van der Waals surface area contributed by atoms with Crippen LogP contribution in [0.5, 0.6) is 0 Å². The van der Waals surface area contributed by atoms with Crippen molar-refractivity contribution in [1.82, 2.24) is 0 Å². The fourth-order valence-electron chi connectivity index (χ4n) is 2.85. The first-order valence-electron chi connectivity index (χ1n) is 7.88. The summed E-state index contributed by atoms with van der Waals surface area (Å²) >= 11 is 0. The maximum Gasteiger partial charge on any atom is 0.261 e. The number of rotatable bonds is 4. The third-order valence-electron chi connectivity index (χ3n) is 4.21. The van der Waals surface area contributed by atoms with E-state index in [1.807, 2.05) is 13.8 Å². The highest BCUT2D eigenvalue weighted by molar-refractivity contribution is 7.92. The number of nitrogens with zero attached hydrogens (tertiary/aromatic N) is 1.